The van der Waals surface area contributed by atoms with Crippen LogP contribution in [0.15, 0.2) is 36.5 Å². The second kappa shape index (κ2) is 11.6. The van der Waals surface area contributed by atoms with Gasteiger partial charge < -0.3 is 59.8 Å². The Labute approximate surface area is 194 Å². The number of aliphatic hydroxyl groups excluding tert-OH is 8. The minimum absolute atomic E-state index is 0.174. The van der Waals surface area contributed by atoms with Crippen molar-refractivity contribution in [1.29, 1.82) is 0 Å². The van der Waals surface area contributed by atoms with Gasteiger partial charge in [0.05, 0.1) is 13.2 Å². The summed E-state index contributed by atoms with van der Waals surface area (Å²) in [5, 5.41) is 78.7. The molecule has 0 bridgehead atoms. The molecular weight excluding hydrogens is 464 g/mol. The van der Waals surface area contributed by atoms with Crippen LogP contribution in [0.2, 0.25) is 0 Å². The van der Waals surface area contributed by atoms with Crippen molar-refractivity contribution >= 4 is 0 Å². The maximum Gasteiger partial charge on any atom is 0.220 e. The Kier molecular flexibility index (Phi) is 9.29. The third kappa shape index (κ3) is 5.25. The number of hydrogen-bond acceptors (Lipinski definition) is 14. The Morgan fingerprint density at radius 2 is 0.971 bits per heavy atom. The fourth-order valence-electron chi connectivity index (χ4n) is 3.70. The van der Waals surface area contributed by atoms with Crippen LogP contribution in [0.25, 0.3) is 0 Å². The van der Waals surface area contributed by atoms with Gasteiger partial charge in [0.1, 0.15) is 48.8 Å². The quantitative estimate of drug-likeness (QED) is 0.151. The van der Waals surface area contributed by atoms with Crippen LogP contribution < -0.4 is 0 Å². The fourth-order valence-corrected chi connectivity index (χ4v) is 3.70. The molecule has 0 aromatic carbocycles. The Hall–Kier alpha value is -1.34. The first kappa shape index (κ1) is 27.3. The zero-order valence-corrected chi connectivity index (χ0v) is 17.9. The summed E-state index contributed by atoms with van der Waals surface area (Å²) in [5.74, 6) is 0. The van der Waals surface area contributed by atoms with Gasteiger partial charge in [-0.05, 0) is 0 Å². The molecule has 2 saturated heterocycles. The summed E-state index contributed by atoms with van der Waals surface area (Å²) in [6.07, 6.45) is -15.7. The van der Waals surface area contributed by atoms with Crippen LogP contribution in [0.4, 0.5) is 0 Å². The topological polar surface area (TPSA) is 217 Å². The first-order valence-electron chi connectivity index (χ1n) is 10.4. The smallest absolute Gasteiger partial charge is 0.220 e. The van der Waals surface area contributed by atoms with Crippen LogP contribution in [-0.2, 0) is 28.7 Å². The average Bonchev–Trinajstić information content (AvgIpc) is 2.84. The van der Waals surface area contributed by atoms with Gasteiger partial charge in [-0.1, -0.05) is 25.3 Å². The lowest BCUT2D eigenvalue weighted by atomic mass is 9.99. The maximum absolute atomic E-state index is 10.2. The van der Waals surface area contributed by atoms with Crippen molar-refractivity contribution in [2.75, 3.05) is 13.2 Å². The molecule has 3 aliphatic heterocycles. The van der Waals surface area contributed by atoms with Crippen molar-refractivity contribution < 1.29 is 69.6 Å². The molecule has 8 N–H and O–H groups in total. The first-order valence-corrected chi connectivity index (χ1v) is 10.4. The van der Waals surface area contributed by atoms with E-state index < -0.39 is 87.2 Å². The molecule has 0 unspecified atom stereocenters. The van der Waals surface area contributed by atoms with E-state index in [1.807, 2.05) is 0 Å². The molecule has 0 radical (unpaired) electrons. The van der Waals surface area contributed by atoms with Crippen molar-refractivity contribution in [3.05, 3.63) is 36.5 Å². The van der Waals surface area contributed by atoms with Crippen molar-refractivity contribution in [3.8, 4) is 0 Å². The second-order valence-corrected chi connectivity index (χ2v) is 7.84. The lowest BCUT2D eigenvalue weighted by Gasteiger charge is -2.42. The third-order valence-electron chi connectivity index (χ3n) is 5.72. The summed E-state index contributed by atoms with van der Waals surface area (Å²) in [6.45, 7) is 5.98. The van der Waals surface area contributed by atoms with E-state index in [2.05, 4.69) is 13.2 Å². The number of rotatable bonds is 8. The molecule has 3 rings (SSSR count). The van der Waals surface area contributed by atoms with Crippen molar-refractivity contribution in [1.82, 2.24) is 0 Å². The summed E-state index contributed by atoms with van der Waals surface area (Å²) in [5.41, 5.74) is 0.348. The minimum Gasteiger partial charge on any atom is -0.394 e. The van der Waals surface area contributed by atoms with Crippen LogP contribution >= 0.6 is 0 Å². The van der Waals surface area contributed by atoms with Gasteiger partial charge in [0.2, 0.25) is 12.6 Å². The van der Waals surface area contributed by atoms with E-state index in [1.165, 1.54) is 12.2 Å². The highest BCUT2D eigenvalue weighted by Crippen LogP contribution is 2.33. The number of aliphatic hydroxyl groups is 8. The van der Waals surface area contributed by atoms with Gasteiger partial charge in [0.15, 0.2) is 12.6 Å². The van der Waals surface area contributed by atoms with Crippen molar-refractivity contribution in [2.24, 2.45) is 0 Å². The fraction of sp³-hybridized carbons (Fsp3) is 0.700. The molecule has 12 atom stereocenters. The van der Waals surface area contributed by atoms with E-state index >= 15 is 0 Å². The summed E-state index contributed by atoms with van der Waals surface area (Å²) in [7, 11) is 0. The minimum atomic E-state index is -1.71. The maximum atomic E-state index is 10.2. The van der Waals surface area contributed by atoms with E-state index in [0.717, 1.165) is 0 Å². The Morgan fingerprint density at radius 3 is 1.26 bits per heavy atom. The molecule has 0 aromatic rings. The van der Waals surface area contributed by atoms with E-state index in [-0.39, 0.29) is 11.1 Å². The molecule has 0 amide bonds. The van der Waals surface area contributed by atoms with Gasteiger partial charge in [0, 0.05) is 11.1 Å². The monoisotopic (exact) mass is 494 g/mol. The zero-order valence-electron chi connectivity index (χ0n) is 17.9. The molecule has 194 valence electrons. The molecule has 0 saturated carbocycles. The van der Waals surface area contributed by atoms with E-state index in [4.69, 9.17) is 28.7 Å². The first-order chi connectivity index (χ1) is 16.2. The molecule has 0 spiro atoms. The summed E-state index contributed by atoms with van der Waals surface area (Å²) in [6, 6.07) is 0. The molecule has 2 fully saturated rings. The molecule has 34 heavy (non-hydrogen) atoms. The SMILES string of the molecule is C=CC1=C(C=C)[C@@H](O[C@@H]2O[C@H](CO)[C@@H](O)[C@H](O)[C@H]2O)OO[C@@H]1O[C@@H]1O[C@H](CO)[C@@H](O)[C@H](O)[C@H]1O. The zero-order chi connectivity index (χ0) is 25.2. The summed E-state index contributed by atoms with van der Waals surface area (Å²) in [4.78, 5) is 10.3. The normalized spacial score (nSPS) is 45.8. The van der Waals surface area contributed by atoms with Gasteiger partial charge in [-0.2, -0.15) is 9.78 Å². The number of hydrogen-bond donors (Lipinski definition) is 8. The van der Waals surface area contributed by atoms with Crippen LogP contribution in [0, 0.1) is 0 Å². The molecule has 0 aromatic heterocycles. The van der Waals surface area contributed by atoms with Crippen LogP contribution in [0.1, 0.15) is 0 Å². The van der Waals surface area contributed by atoms with E-state index in [0.29, 0.717) is 0 Å². The molecule has 3 aliphatic rings. The molecular formula is C20H30O14. The van der Waals surface area contributed by atoms with Crippen LogP contribution in [0.5, 0.6) is 0 Å². The predicted molar refractivity (Wildman–Crippen MR) is 107 cm³/mol. The summed E-state index contributed by atoms with van der Waals surface area (Å²) >= 11 is 0. The Bertz CT molecular complexity index is 681. The van der Waals surface area contributed by atoms with Crippen LogP contribution in [0.3, 0.4) is 0 Å². The largest absolute Gasteiger partial charge is 0.394 e. The lowest BCUT2D eigenvalue weighted by molar-refractivity contribution is -0.464. The highest BCUT2D eigenvalue weighted by Gasteiger charge is 2.48. The molecule has 14 heteroatoms. The lowest BCUT2D eigenvalue weighted by Crippen LogP contribution is -2.60. The van der Waals surface area contributed by atoms with Gasteiger partial charge in [0.25, 0.3) is 0 Å². The molecule has 0 aliphatic carbocycles. The number of ether oxygens (including phenoxy) is 4. The predicted octanol–water partition coefficient (Wildman–Crippen LogP) is -4.10. The molecule has 3 heterocycles. The van der Waals surface area contributed by atoms with E-state index in [1.54, 1.807) is 0 Å². The Balaban J connectivity index is 1.77. The van der Waals surface area contributed by atoms with Crippen molar-refractivity contribution in [2.45, 2.75) is 74.0 Å². The highest BCUT2D eigenvalue weighted by atomic mass is 17.3. The van der Waals surface area contributed by atoms with Gasteiger partial charge in [-0.15, -0.1) is 0 Å². The van der Waals surface area contributed by atoms with Gasteiger partial charge >= 0.3 is 0 Å². The second-order valence-electron chi connectivity index (χ2n) is 7.84. The molecule has 14 nitrogen and oxygen atoms in total. The van der Waals surface area contributed by atoms with Crippen molar-refractivity contribution in [3.63, 3.8) is 0 Å². The standard InChI is InChI=1S/C20H30O14/c1-3-7-8(4-2)18(32-20-16(28)14(26)12(24)10(6-22)30-20)34-33-17(7)31-19-15(27)13(25)11(23)9(5-21)29-19/h3-4,9-28H,1-2,5-6H2/t9-,10-,11-,12-,13+,14+,15-,16-,17+,18+,19+,20+/m1/s1. The average molecular weight is 494 g/mol. The van der Waals surface area contributed by atoms with E-state index in [9.17, 15) is 40.9 Å². The van der Waals surface area contributed by atoms with Gasteiger partial charge in [-0.3, -0.25) is 0 Å². The summed E-state index contributed by atoms with van der Waals surface area (Å²) < 4.78 is 21.7. The highest BCUT2D eigenvalue weighted by molar-refractivity contribution is 5.36. The van der Waals surface area contributed by atoms with Crippen LogP contribution in [-0.4, -0.2) is 128 Å². The Morgan fingerprint density at radius 1 is 0.618 bits per heavy atom. The third-order valence-corrected chi connectivity index (χ3v) is 5.72. The van der Waals surface area contributed by atoms with Gasteiger partial charge in [-0.25, -0.2) is 0 Å².